The summed E-state index contributed by atoms with van der Waals surface area (Å²) >= 11 is 0. The molecule has 1 N–H and O–H groups in total. The lowest BCUT2D eigenvalue weighted by Crippen LogP contribution is -2.39. The van der Waals surface area contributed by atoms with Gasteiger partial charge in [0.05, 0.1) is 6.61 Å². The van der Waals surface area contributed by atoms with Crippen molar-refractivity contribution in [3.8, 4) is 0 Å². The average Bonchev–Trinajstić information content (AvgIpc) is 3.06. The monoisotopic (exact) mass is 211 g/mol. The molecule has 0 aliphatic heterocycles. The summed E-state index contributed by atoms with van der Waals surface area (Å²) < 4.78 is 0. The molecule has 0 aromatic rings. The van der Waals surface area contributed by atoms with E-state index in [1.807, 2.05) is 11.8 Å². The van der Waals surface area contributed by atoms with Crippen LogP contribution in [0.25, 0.3) is 0 Å². The Kier molecular flexibility index (Phi) is 3.29. The van der Waals surface area contributed by atoms with Gasteiger partial charge >= 0.3 is 0 Å². The summed E-state index contributed by atoms with van der Waals surface area (Å²) in [6.07, 6.45) is 4.96. The summed E-state index contributed by atoms with van der Waals surface area (Å²) in [4.78, 5) is 14.1. The molecule has 0 aromatic heterocycles. The highest BCUT2D eigenvalue weighted by atomic mass is 16.3. The van der Waals surface area contributed by atoms with E-state index in [1.165, 1.54) is 25.7 Å². The standard InChI is InChI=1S/C12H21NO2/c1-2-13(7-8-14)12(15)11(9-3-4-9)10-5-6-10/h9-11,14H,2-8H2,1H3. The molecule has 0 heterocycles. The molecule has 2 saturated carbocycles. The predicted octanol–water partition coefficient (Wildman–Crippen LogP) is 1.26. The summed E-state index contributed by atoms with van der Waals surface area (Å²) in [5, 5.41) is 8.91. The molecule has 3 heteroatoms. The lowest BCUT2D eigenvalue weighted by atomic mass is 9.96. The molecule has 0 atom stereocenters. The third-order valence-electron chi connectivity index (χ3n) is 3.61. The topological polar surface area (TPSA) is 40.5 Å². The maximum atomic E-state index is 12.2. The van der Waals surface area contributed by atoms with Crippen molar-refractivity contribution in [1.82, 2.24) is 4.90 Å². The van der Waals surface area contributed by atoms with E-state index in [-0.39, 0.29) is 12.5 Å². The molecule has 1 amide bonds. The van der Waals surface area contributed by atoms with Crippen LogP contribution in [0.4, 0.5) is 0 Å². The summed E-state index contributed by atoms with van der Waals surface area (Å²) in [5.74, 6) is 1.92. The van der Waals surface area contributed by atoms with Gasteiger partial charge in [0.1, 0.15) is 0 Å². The molecular weight excluding hydrogens is 190 g/mol. The molecule has 0 unspecified atom stereocenters. The van der Waals surface area contributed by atoms with E-state index < -0.39 is 0 Å². The van der Waals surface area contributed by atoms with Gasteiger partial charge in [-0.3, -0.25) is 4.79 Å². The second-order valence-electron chi connectivity index (χ2n) is 4.84. The van der Waals surface area contributed by atoms with Crippen LogP contribution in [0.2, 0.25) is 0 Å². The summed E-state index contributed by atoms with van der Waals surface area (Å²) in [6.45, 7) is 3.31. The highest BCUT2D eigenvalue weighted by molar-refractivity contribution is 5.80. The van der Waals surface area contributed by atoms with Crippen molar-refractivity contribution < 1.29 is 9.90 Å². The first-order chi connectivity index (χ1) is 7.27. The third kappa shape index (κ3) is 2.51. The fraction of sp³-hybridized carbons (Fsp3) is 0.917. The second-order valence-corrected chi connectivity index (χ2v) is 4.84. The molecule has 3 nitrogen and oxygen atoms in total. The second kappa shape index (κ2) is 4.52. The van der Waals surface area contributed by atoms with Crippen LogP contribution in [0.1, 0.15) is 32.6 Å². The summed E-state index contributed by atoms with van der Waals surface area (Å²) in [7, 11) is 0. The van der Waals surface area contributed by atoms with E-state index in [2.05, 4.69) is 0 Å². The highest BCUT2D eigenvalue weighted by Gasteiger charge is 2.46. The fourth-order valence-electron chi connectivity index (χ4n) is 2.45. The van der Waals surface area contributed by atoms with Crippen molar-refractivity contribution in [1.29, 1.82) is 0 Å². The molecule has 2 aliphatic carbocycles. The average molecular weight is 211 g/mol. The lowest BCUT2D eigenvalue weighted by molar-refractivity contribution is -0.137. The van der Waals surface area contributed by atoms with Gasteiger partial charge in [0, 0.05) is 19.0 Å². The van der Waals surface area contributed by atoms with Crippen LogP contribution in [0, 0.1) is 17.8 Å². The van der Waals surface area contributed by atoms with Crippen molar-refractivity contribution in [3.05, 3.63) is 0 Å². The van der Waals surface area contributed by atoms with Gasteiger partial charge < -0.3 is 10.0 Å². The number of hydrogen-bond acceptors (Lipinski definition) is 2. The van der Waals surface area contributed by atoms with Crippen molar-refractivity contribution in [2.45, 2.75) is 32.6 Å². The minimum absolute atomic E-state index is 0.0850. The van der Waals surface area contributed by atoms with Crippen LogP contribution >= 0.6 is 0 Å². The molecule has 86 valence electrons. The van der Waals surface area contributed by atoms with Crippen LogP contribution in [-0.2, 0) is 4.79 Å². The number of amides is 1. The summed E-state index contributed by atoms with van der Waals surface area (Å²) in [6, 6.07) is 0. The maximum absolute atomic E-state index is 12.2. The van der Waals surface area contributed by atoms with Crippen LogP contribution in [-0.4, -0.2) is 35.6 Å². The van der Waals surface area contributed by atoms with Gasteiger partial charge in [-0.15, -0.1) is 0 Å². The van der Waals surface area contributed by atoms with E-state index in [0.717, 1.165) is 6.54 Å². The zero-order valence-corrected chi connectivity index (χ0v) is 9.48. The Balaban J connectivity index is 1.95. The Hall–Kier alpha value is -0.570. The minimum Gasteiger partial charge on any atom is -0.395 e. The molecule has 0 aromatic carbocycles. The van der Waals surface area contributed by atoms with Crippen LogP contribution in [0.5, 0.6) is 0 Å². The molecule has 0 saturated heterocycles. The normalized spacial score (nSPS) is 20.7. The first-order valence-electron chi connectivity index (χ1n) is 6.17. The lowest BCUT2D eigenvalue weighted by Gasteiger charge is -2.25. The van der Waals surface area contributed by atoms with Crippen molar-refractivity contribution in [2.75, 3.05) is 19.7 Å². The first kappa shape index (κ1) is 10.9. The zero-order chi connectivity index (χ0) is 10.8. The fourth-order valence-corrected chi connectivity index (χ4v) is 2.45. The van der Waals surface area contributed by atoms with Gasteiger partial charge in [0.15, 0.2) is 0 Å². The SMILES string of the molecule is CCN(CCO)C(=O)C(C1CC1)C1CC1. The first-order valence-corrected chi connectivity index (χ1v) is 6.17. The number of hydrogen-bond donors (Lipinski definition) is 1. The largest absolute Gasteiger partial charge is 0.395 e. The third-order valence-corrected chi connectivity index (χ3v) is 3.61. The molecule has 15 heavy (non-hydrogen) atoms. The van der Waals surface area contributed by atoms with Gasteiger partial charge in [-0.1, -0.05) is 0 Å². The van der Waals surface area contributed by atoms with E-state index in [1.54, 1.807) is 0 Å². The van der Waals surface area contributed by atoms with Gasteiger partial charge in [-0.25, -0.2) is 0 Å². The van der Waals surface area contributed by atoms with Gasteiger partial charge in [-0.05, 0) is 44.4 Å². The molecular formula is C12H21NO2. The molecule has 2 rings (SSSR count). The molecule has 0 radical (unpaired) electrons. The Bertz CT molecular complexity index is 222. The van der Waals surface area contributed by atoms with E-state index in [4.69, 9.17) is 5.11 Å². The Morgan fingerprint density at radius 3 is 2.20 bits per heavy atom. The van der Waals surface area contributed by atoms with E-state index in [9.17, 15) is 4.79 Å². The minimum atomic E-state index is 0.0850. The van der Waals surface area contributed by atoms with Crippen LogP contribution < -0.4 is 0 Å². The molecule has 2 aliphatic rings. The van der Waals surface area contributed by atoms with Crippen LogP contribution in [0.15, 0.2) is 0 Å². The number of carbonyl (C=O) groups excluding carboxylic acids is 1. The van der Waals surface area contributed by atoms with E-state index in [0.29, 0.717) is 24.3 Å². The van der Waals surface area contributed by atoms with Gasteiger partial charge in [0.25, 0.3) is 0 Å². The number of likely N-dealkylation sites (N-methyl/N-ethyl adjacent to an activating group) is 1. The Morgan fingerprint density at radius 2 is 1.87 bits per heavy atom. The quantitative estimate of drug-likeness (QED) is 0.718. The number of aliphatic hydroxyl groups is 1. The number of carbonyl (C=O) groups is 1. The highest BCUT2D eigenvalue weighted by Crippen LogP contribution is 2.49. The molecule has 0 spiro atoms. The number of nitrogens with zero attached hydrogens (tertiary/aromatic N) is 1. The van der Waals surface area contributed by atoms with Crippen molar-refractivity contribution in [2.24, 2.45) is 17.8 Å². The van der Waals surface area contributed by atoms with E-state index >= 15 is 0 Å². The smallest absolute Gasteiger partial charge is 0.226 e. The number of rotatable bonds is 6. The van der Waals surface area contributed by atoms with Crippen molar-refractivity contribution in [3.63, 3.8) is 0 Å². The Labute approximate surface area is 91.5 Å². The zero-order valence-electron chi connectivity index (χ0n) is 9.48. The Morgan fingerprint density at radius 1 is 1.33 bits per heavy atom. The van der Waals surface area contributed by atoms with Gasteiger partial charge in [0.2, 0.25) is 5.91 Å². The predicted molar refractivity (Wildman–Crippen MR) is 58.3 cm³/mol. The maximum Gasteiger partial charge on any atom is 0.226 e. The molecule has 0 bridgehead atoms. The molecule has 2 fully saturated rings. The van der Waals surface area contributed by atoms with Crippen molar-refractivity contribution >= 4 is 5.91 Å². The van der Waals surface area contributed by atoms with Gasteiger partial charge in [-0.2, -0.15) is 0 Å². The van der Waals surface area contributed by atoms with Crippen LogP contribution in [0.3, 0.4) is 0 Å². The number of aliphatic hydroxyl groups excluding tert-OH is 1. The summed E-state index contributed by atoms with van der Waals surface area (Å²) in [5.41, 5.74) is 0.